The molecule has 1 rings (SSSR count). The number of carbonyl (C=O) groups excluding carboxylic acids is 1. The third-order valence-electron chi connectivity index (χ3n) is 1.27. The number of hydrogen-bond acceptors (Lipinski definition) is 3. The first-order chi connectivity index (χ1) is 5.84. The zero-order valence-corrected chi connectivity index (χ0v) is 6.43. The lowest BCUT2D eigenvalue weighted by Crippen LogP contribution is -2.04. The van der Waals surface area contributed by atoms with E-state index in [0.717, 1.165) is 6.61 Å². The number of hydrogen-bond donors (Lipinski definition) is 1. The highest BCUT2D eigenvalue weighted by Crippen LogP contribution is 2.01. The minimum atomic E-state index is -0.454. The lowest BCUT2D eigenvalue weighted by molar-refractivity contribution is 0.0563. The molecule has 0 amide bonds. The molecule has 0 bridgehead atoms. The van der Waals surface area contributed by atoms with Crippen LogP contribution in [-0.4, -0.2) is 17.7 Å². The van der Waals surface area contributed by atoms with Crippen molar-refractivity contribution in [2.24, 2.45) is 0 Å². The normalized spacial score (nSPS) is 9.42. The van der Waals surface area contributed by atoms with Crippen LogP contribution in [-0.2, 0) is 4.74 Å². The predicted octanol–water partition coefficient (Wildman–Crippen LogP) is 0.997. The fraction of sp³-hybridized carbons (Fsp3) is 0.111. The summed E-state index contributed by atoms with van der Waals surface area (Å²) in [5.41, 5.74) is 0.474. The summed E-state index contributed by atoms with van der Waals surface area (Å²) in [6.45, 7) is 0.786. The standard InChI is InChI=1S/C9H9O3/c10-6-7-12-9(11)8-4-2-1-3-5-8/h1-5,7,10H,6H2. The molecule has 0 heterocycles. The van der Waals surface area contributed by atoms with E-state index in [2.05, 4.69) is 4.74 Å². The van der Waals surface area contributed by atoms with Crippen LogP contribution in [0.15, 0.2) is 30.3 Å². The minimum absolute atomic E-state index is 0.265. The van der Waals surface area contributed by atoms with Gasteiger partial charge in [0, 0.05) is 0 Å². The molecule has 1 radical (unpaired) electrons. The maximum absolute atomic E-state index is 11.0. The highest BCUT2D eigenvalue weighted by Gasteiger charge is 2.04. The first-order valence-corrected chi connectivity index (χ1v) is 3.53. The maximum atomic E-state index is 11.0. The van der Waals surface area contributed by atoms with Gasteiger partial charge in [-0.05, 0) is 12.1 Å². The number of aliphatic hydroxyl groups is 1. The van der Waals surface area contributed by atoms with Crippen LogP contribution in [0.3, 0.4) is 0 Å². The van der Waals surface area contributed by atoms with Gasteiger partial charge in [0.05, 0.1) is 12.2 Å². The fourth-order valence-electron chi connectivity index (χ4n) is 0.755. The molecule has 63 valence electrons. The molecule has 12 heavy (non-hydrogen) atoms. The van der Waals surface area contributed by atoms with E-state index < -0.39 is 5.97 Å². The first kappa shape index (κ1) is 8.74. The van der Waals surface area contributed by atoms with Gasteiger partial charge in [-0.3, -0.25) is 0 Å². The Morgan fingerprint density at radius 1 is 1.42 bits per heavy atom. The summed E-state index contributed by atoms with van der Waals surface area (Å²) in [5, 5.41) is 8.33. The molecule has 1 aromatic rings. The van der Waals surface area contributed by atoms with Crippen molar-refractivity contribution in [3.63, 3.8) is 0 Å². The SMILES string of the molecule is O=C(O[CH]CO)c1ccccc1. The van der Waals surface area contributed by atoms with Crippen LogP contribution < -0.4 is 0 Å². The number of esters is 1. The quantitative estimate of drug-likeness (QED) is 0.679. The van der Waals surface area contributed by atoms with Gasteiger partial charge in [0.2, 0.25) is 0 Å². The van der Waals surface area contributed by atoms with E-state index in [-0.39, 0.29) is 6.61 Å². The van der Waals surface area contributed by atoms with Gasteiger partial charge in [-0.25, -0.2) is 4.79 Å². The van der Waals surface area contributed by atoms with E-state index >= 15 is 0 Å². The van der Waals surface area contributed by atoms with Gasteiger partial charge < -0.3 is 9.84 Å². The lowest BCUT2D eigenvalue weighted by atomic mass is 10.2. The second kappa shape index (κ2) is 4.51. The third-order valence-corrected chi connectivity index (χ3v) is 1.27. The Balaban J connectivity index is 2.54. The smallest absolute Gasteiger partial charge is 0.338 e. The van der Waals surface area contributed by atoms with Gasteiger partial charge in [-0.1, -0.05) is 18.2 Å². The van der Waals surface area contributed by atoms with E-state index in [4.69, 9.17) is 5.11 Å². The van der Waals surface area contributed by atoms with Crippen molar-refractivity contribution in [2.75, 3.05) is 6.61 Å². The van der Waals surface area contributed by atoms with Crippen LogP contribution in [0.4, 0.5) is 0 Å². The molecule has 0 aliphatic rings. The van der Waals surface area contributed by atoms with Gasteiger partial charge in [-0.2, -0.15) is 0 Å². The molecule has 3 heteroatoms. The summed E-state index contributed by atoms with van der Waals surface area (Å²) in [6.07, 6.45) is 0. The largest absolute Gasteiger partial charge is 0.452 e. The number of rotatable bonds is 3. The monoisotopic (exact) mass is 165 g/mol. The summed E-state index contributed by atoms with van der Waals surface area (Å²) in [4.78, 5) is 11.0. The molecule has 0 aliphatic heterocycles. The van der Waals surface area contributed by atoms with Crippen LogP contribution in [0, 0.1) is 6.61 Å². The first-order valence-electron chi connectivity index (χ1n) is 3.53. The number of aliphatic hydroxyl groups excluding tert-OH is 1. The van der Waals surface area contributed by atoms with Crippen LogP contribution in [0.25, 0.3) is 0 Å². The van der Waals surface area contributed by atoms with E-state index in [1.807, 2.05) is 6.07 Å². The molecular weight excluding hydrogens is 156 g/mol. The highest BCUT2D eigenvalue weighted by molar-refractivity contribution is 5.89. The molecule has 1 aromatic carbocycles. The van der Waals surface area contributed by atoms with Gasteiger partial charge in [-0.15, -0.1) is 0 Å². The van der Waals surface area contributed by atoms with Gasteiger partial charge in [0.25, 0.3) is 0 Å². The summed E-state index contributed by atoms with van der Waals surface area (Å²) in [7, 11) is 0. The molecule has 0 saturated heterocycles. The summed E-state index contributed by atoms with van der Waals surface area (Å²) in [5.74, 6) is -0.454. The van der Waals surface area contributed by atoms with Gasteiger partial charge in [0.15, 0.2) is 6.61 Å². The Morgan fingerprint density at radius 3 is 2.67 bits per heavy atom. The van der Waals surface area contributed by atoms with E-state index in [0.29, 0.717) is 5.56 Å². The van der Waals surface area contributed by atoms with Gasteiger partial charge in [0.1, 0.15) is 0 Å². The van der Waals surface area contributed by atoms with Crippen molar-refractivity contribution in [2.45, 2.75) is 0 Å². The molecule has 1 N–H and O–H groups in total. The van der Waals surface area contributed by atoms with Crippen molar-refractivity contribution in [1.29, 1.82) is 0 Å². The lowest BCUT2D eigenvalue weighted by Gasteiger charge is -2.00. The van der Waals surface area contributed by atoms with Gasteiger partial charge >= 0.3 is 5.97 Å². The van der Waals surface area contributed by atoms with Crippen molar-refractivity contribution in [3.05, 3.63) is 42.5 Å². The van der Waals surface area contributed by atoms with E-state index in [9.17, 15) is 4.79 Å². The molecule has 0 spiro atoms. The molecule has 0 unspecified atom stereocenters. The Bertz CT molecular complexity index is 243. The third kappa shape index (κ3) is 2.36. The number of carbonyl (C=O) groups is 1. The predicted molar refractivity (Wildman–Crippen MR) is 43.2 cm³/mol. The van der Waals surface area contributed by atoms with Crippen LogP contribution in [0.1, 0.15) is 10.4 Å². The summed E-state index contributed by atoms with van der Waals surface area (Å²) >= 11 is 0. The molecular formula is C9H9O3. The summed E-state index contributed by atoms with van der Waals surface area (Å²) < 4.78 is 4.56. The van der Waals surface area contributed by atoms with E-state index in [1.54, 1.807) is 24.3 Å². The van der Waals surface area contributed by atoms with Crippen LogP contribution in [0.2, 0.25) is 0 Å². The zero-order valence-electron chi connectivity index (χ0n) is 6.43. The Labute approximate surface area is 70.6 Å². The Kier molecular flexibility index (Phi) is 3.29. The number of benzene rings is 1. The molecule has 0 aromatic heterocycles. The maximum Gasteiger partial charge on any atom is 0.338 e. The fourth-order valence-corrected chi connectivity index (χ4v) is 0.755. The topological polar surface area (TPSA) is 46.5 Å². The van der Waals surface area contributed by atoms with Crippen molar-refractivity contribution in [3.8, 4) is 0 Å². The summed E-state index contributed by atoms with van der Waals surface area (Å²) in [6, 6.07) is 8.60. The van der Waals surface area contributed by atoms with Crippen molar-refractivity contribution >= 4 is 5.97 Å². The molecule has 0 fully saturated rings. The average Bonchev–Trinajstić information content (AvgIpc) is 2.15. The van der Waals surface area contributed by atoms with Crippen LogP contribution in [0.5, 0.6) is 0 Å². The average molecular weight is 165 g/mol. The van der Waals surface area contributed by atoms with Crippen LogP contribution >= 0.6 is 0 Å². The zero-order chi connectivity index (χ0) is 8.81. The Hall–Kier alpha value is -1.35. The Morgan fingerprint density at radius 2 is 2.08 bits per heavy atom. The minimum Gasteiger partial charge on any atom is -0.452 e. The van der Waals surface area contributed by atoms with E-state index in [1.165, 1.54) is 0 Å². The number of ether oxygens (including phenoxy) is 1. The molecule has 0 atom stereocenters. The molecule has 0 saturated carbocycles. The second-order valence-corrected chi connectivity index (χ2v) is 2.12. The molecule has 3 nitrogen and oxygen atoms in total. The highest BCUT2D eigenvalue weighted by atomic mass is 16.5. The molecule has 0 aliphatic carbocycles. The van der Waals surface area contributed by atoms with Crippen molar-refractivity contribution < 1.29 is 14.6 Å². The van der Waals surface area contributed by atoms with Crippen molar-refractivity contribution in [1.82, 2.24) is 0 Å². The second-order valence-electron chi connectivity index (χ2n) is 2.12.